The minimum atomic E-state index is -0.0162. The lowest BCUT2D eigenvalue weighted by molar-refractivity contribution is -0.126. The Bertz CT molecular complexity index is 306. The van der Waals surface area contributed by atoms with Crippen molar-refractivity contribution in [3.8, 4) is 0 Å². The van der Waals surface area contributed by atoms with Gasteiger partial charge in [-0.05, 0) is 12.8 Å². The van der Waals surface area contributed by atoms with Gasteiger partial charge < -0.3 is 10.6 Å². The van der Waals surface area contributed by atoms with Crippen molar-refractivity contribution in [2.75, 3.05) is 13.1 Å². The zero-order valence-corrected chi connectivity index (χ0v) is 16.1. The molecule has 4 nitrogen and oxygen atoms in total. The van der Waals surface area contributed by atoms with Crippen molar-refractivity contribution < 1.29 is 9.59 Å². The molecule has 0 aromatic rings. The van der Waals surface area contributed by atoms with Gasteiger partial charge in [0.2, 0.25) is 11.8 Å². The Morgan fingerprint density at radius 3 is 1.38 bits per heavy atom. The molecular weight excluding hydrogens is 300 g/mol. The van der Waals surface area contributed by atoms with Gasteiger partial charge in [0.05, 0.1) is 0 Å². The van der Waals surface area contributed by atoms with Gasteiger partial charge >= 0.3 is 0 Å². The number of nitrogens with one attached hydrogen (secondary N) is 2. The van der Waals surface area contributed by atoms with Gasteiger partial charge in [0.25, 0.3) is 0 Å². The molecule has 0 aliphatic carbocycles. The molecule has 0 saturated heterocycles. The molecule has 2 amide bonds. The maximum absolute atomic E-state index is 11.6. The highest BCUT2D eigenvalue weighted by Gasteiger charge is 2.05. The van der Waals surface area contributed by atoms with Gasteiger partial charge in [-0.25, -0.2) is 0 Å². The van der Waals surface area contributed by atoms with Gasteiger partial charge in [-0.1, -0.05) is 78.1 Å². The van der Waals surface area contributed by atoms with Gasteiger partial charge in [-0.2, -0.15) is 0 Å². The van der Waals surface area contributed by atoms with Crippen molar-refractivity contribution in [2.24, 2.45) is 0 Å². The van der Waals surface area contributed by atoms with Gasteiger partial charge in [0.15, 0.2) is 0 Å². The zero-order valence-electron chi connectivity index (χ0n) is 16.1. The monoisotopic (exact) mass is 340 g/mol. The van der Waals surface area contributed by atoms with E-state index in [1.54, 1.807) is 0 Å². The average Bonchev–Trinajstić information content (AvgIpc) is 2.58. The Labute approximate surface area is 149 Å². The van der Waals surface area contributed by atoms with Crippen molar-refractivity contribution in [3.05, 3.63) is 0 Å². The van der Waals surface area contributed by atoms with Gasteiger partial charge in [0, 0.05) is 25.9 Å². The first kappa shape index (κ1) is 22.9. The van der Waals surface area contributed by atoms with E-state index in [2.05, 4.69) is 24.5 Å². The second-order valence-corrected chi connectivity index (χ2v) is 6.74. The van der Waals surface area contributed by atoms with Crippen molar-refractivity contribution >= 4 is 11.8 Å². The molecule has 0 atom stereocenters. The van der Waals surface area contributed by atoms with Gasteiger partial charge in [0.1, 0.15) is 0 Å². The largest absolute Gasteiger partial charge is 0.356 e. The molecular formula is C20H40N2O2. The van der Waals surface area contributed by atoms with E-state index in [9.17, 15) is 9.59 Å². The highest BCUT2D eigenvalue weighted by molar-refractivity contribution is 5.83. The van der Waals surface area contributed by atoms with E-state index in [-0.39, 0.29) is 11.8 Å². The molecule has 0 aromatic heterocycles. The van der Waals surface area contributed by atoms with Crippen LogP contribution in [0, 0.1) is 0 Å². The summed E-state index contributed by atoms with van der Waals surface area (Å²) in [6.07, 6.45) is 15.7. The Morgan fingerprint density at radius 2 is 0.917 bits per heavy atom. The third kappa shape index (κ3) is 17.3. The Balaban J connectivity index is 3.27. The van der Waals surface area contributed by atoms with Crippen LogP contribution < -0.4 is 10.6 Å². The highest BCUT2D eigenvalue weighted by atomic mass is 16.2. The minimum Gasteiger partial charge on any atom is -0.356 e. The minimum absolute atomic E-state index is 0.00318. The van der Waals surface area contributed by atoms with Crippen LogP contribution >= 0.6 is 0 Å². The SMILES string of the molecule is CCCCCCCCCCCCNC(=O)CCC(=O)NCCCC. The first-order valence-corrected chi connectivity index (χ1v) is 10.2. The topological polar surface area (TPSA) is 58.2 Å². The predicted molar refractivity (Wildman–Crippen MR) is 102 cm³/mol. The Hall–Kier alpha value is -1.06. The number of amides is 2. The fourth-order valence-corrected chi connectivity index (χ4v) is 2.65. The molecule has 0 fully saturated rings. The van der Waals surface area contributed by atoms with E-state index >= 15 is 0 Å². The van der Waals surface area contributed by atoms with E-state index in [1.165, 1.54) is 57.8 Å². The van der Waals surface area contributed by atoms with Crippen LogP contribution in [0.1, 0.15) is 104 Å². The molecule has 0 bridgehead atoms. The Morgan fingerprint density at radius 1 is 0.542 bits per heavy atom. The summed E-state index contributed by atoms with van der Waals surface area (Å²) in [7, 11) is 0. The first-order valence-electron chi connectivity index (χ1n) is 10.2. The normalized spacial score (nSPS) is 10.6. The third-order valence-electron chi connectivity index (χ3n) is 4.28. The molecule has 0 radical (unpaired) electrons. The van der Waals surface area contributed by atoms with Crippen LogP contribution in [0.2, 0.25) is 0 Å². The van der Waals surface area contributed by atoms with E-state index in [0.29, 0.717) is 12.8 Å². The fourth-order valence-electron chi connectivity index (χ4n) is 2.65. The summed E-state index contributed by atoms with van der Waals surface area (Å²) < 4.78 is 0. The molecule has 142 valence electrons. The van der Waals surface area contributed by atoms with Crippen LogP contribution in [0.15, 0.2) is 0 Å². The average molecular weight is 341 g/mol. The van der Waals surface area contributed by atoms with E-state index in [4.69, 9.17) is 0 Å². The van der Waals surface area contributed by atoms with E-state index in [0.717, 1.165) is 32.4 Å². The molecule has 0 unspecified atom stereocenters. The molecule has 0 aliphatic rings. The Kier molecular flexibility index (Phi) is 17.5. The van der Waals surface area contributed by atoms with Crippen molar-refractivity contribution in [2.45, 2.75) is 104 Å². The third-order valence-corrected chi connectivity index (χ3v) is 4.28. The molecule has 0 aliphatic heterocycles. The summed E-state index contributed by atoms with van der Waals surface area (Å²) in [5.41, 5.74) is 0. The number of rotatable bonds is 17. The van der Waals surface area contributed by atoms with Crippen molar-refractivity contribution in [3.63, 3.8) is 0 Å². The summed E-state index contributed by atoms with van der Waals surface area (Å²) in [4.78, 5) is 23.1. The molecule has 0 rings (SSSR count). The molecule has 0 aromatic carbocycles. The second-order valence-electron chi connectivity index (χ2n) is 6.74. The lowest BCUT2D eigenvalue weighted by Crippen LogP contribution is -2.28. The number of hydrogen-bond acceptors (Lipinski definition) is 2. The second kappa shape index (κ2) is 18.3. The summed E-state index contributed by atoms with van der Waals surface area (Å²) in [5, 5.41) is 5.74. The van der Waals surface area contributed by atoms with Crippen molar-refractivity contribution in [1.29, 1.82) is 0 Å². The van der Waals surface area contributed by atoms with Crippen LogP contribution in [0.5, 0.6) is 0 Å². The maximum Gasteiger partial charge on any atom is 0.220 e. The zero-order chi connectivity index (χ0) is 17.9. The molecule has 4 heteroatoms. The number of unbranched alkanes of at least 4 members (excludes halogenated alkanes) is 10. The smallest absolute Gasteiger partial charge is 0.220 e. The number of carbonyl (C=O) groups is 2. The molecule has 24 heavy (non-hydrogen) atoms. The fraction of sp³-hybridized carbons (Fsp3) is 0.900. The van der Waals surface area contributed by atoms with Crippen LogP contribution in [0.3, 0.4) is 0 Å². The van der Waals surface area contributed by atoms with E-state index < -0.39 is 0 Å². The van der Waals surface area contributed by atoms with Crippen LogP contribution in [0.25, 0.3) is 0 Å². The highest BCUT2D eigenvalue weighted by Crippen LogP contribution is 2.10. The summed E-state index contributed by atoms with van der Waals surface area (Å²) >= 11 is 0. The van der Waals surface area contributed by atoms with Crippen LogP contribution in [0.4, 0.5) is 0 Å². The summed E-state index contributed by atoms with van der Waals surface area (Å²) in [6, 6.07) is 0. The van der Waals surface area contributed by atoms with Crippen LogP contribution in [-0.4, -0.2) is 24.9 Å². The van der Waals surface area contributed by atoms with E-state index in [1.807, 2.05) is 0 Å². The lowest BCUT2D eigenvalue weighted by Gasteiger charge is -2.06. The van der Waals surface area contributed by atoms with Crippen LogP contribution in [-0.2, 0) is 9.59 Å². The number of carbonyl (C=O) groups excluding carboxylic acids is 2. The molecule has 2 N–H and O–H groups in total. The maximum atomic E-state index is 11.6. The molecule has 0 saturated carbocycles. The first-order chi connectivity index (χ1) is 11.7. The van der Waals surface area contributed by atoms with Gasteiger partial charge in [-0.15, -0.1) is 0 Å². The quantitative estimate of drug-likeness (QED) is 0.376. The van der Waals surface area contributed by atoms with Crippen molar-refractivity contribution in [1.82, 2.24) is 10.6 Å². The molecule has 0 spiro atoms. The van der Waals surface area contributed by atoms with Gasteiger partial charge in [-0.3, -0.25) is 9.59 Å². The lowest BCUT2D eigenvalue weighted by atomic mass is 10.1. The summed E-state index contributed by atoms with van der Waals surface area (Å²) in [6.45, 7) is 5.80. The predicted octanol–water partition coefficient (Wildman–Crippen LogP) is 4.72. The standard InChI is InChI=1S/C20H40N2O2/c1-3-5-7-8-9-10-11-12-13-14-18-22-20(24)16-15-19(23)21-17-6-4-2/h3-18H2,1-2H3,(H,21,23)(H,22,24). The number of hydrogen-bond donors (Lipinski definition) is 2. The summed E-state index contributed by atoms with van der Waals surface area (Å²) in [5.74, 6) is -0.0193. The molecule has 0 heterocycles.